The third-order valence-electron chi connectivity index (χ3n) is 4.64. The Morgan fingerprint density at radius 3 is 2.54 bits per heavy atom. The first-order valence-corrected chi connectivity index (χ1v) is 9.75. The lowest BCUT2D eigenvalue weighted by atomic mass is 10.0. The Hall–Kier alpha value is -1.91. The molecule has 1 amide bonds. The quantitative estimate of drug-likeness (QED) is 0.877. The number of nitrogens with zero attached hydrogens (tertiary/aromatic N) is 2. The molecule has 2 atom stereocenters. The van der Waals surface area contributed by atoms with Gasteiger partial charge in [0.2, 0.25) is 15.9 Å². The van der Waals surface area contributed by atoms with Gasteiger partial charge in [-0.1, -0.05) is 24.6 Å². The van der Waals surface area contributed by atoms with Crippen molar-refractivity contribution in [2.75, 3.05) is 6.54 Å². The monoisotopic (exact) mass is 347 g/mol. The van der Waals surface area contributed by atoms with E-state index in [1.54, 1.807) is 30.3 Å². The van der Waals surface area contributed by atoms with Crippen LogP contribution in [0.2, 0.25) is 0 Å². The summed E-state index contributed by atoms with van der Waals surface area (Å²) in [7, 11) is -3.71. The molecular formula is C17H21N3O3S. The Bertz CT molecular complexity index is 738. The van der Waals surface area contributed by atoms with Gasteiger partial charge in [0.15, 0.2) is 0 Å². The summed E-state index contributed by atoms with van der Waals surface area (Å²) >= 11 is 0. The summed E-state index contributed by atoms with van der Waals surface area (Å²) < 4.78 is 27.1. The Morgan fingerprint density at radius 1 is 1.21 bits per heavy atom. The predicted octanol–water partition coefficient (Wildman–Crippen LogP) is 1.65. The number of hydrogen-bond donors (Lipinski definition) is 1. The van der Waals surface area contributed by atoms with Gasteiger partial charge in [-0.15, -0.1) is 0 Å². The van der Waals surface area contributed by atoms with Crippen LogP contribution in [0.25, 0.3) is 0 Å². The van der Waals surface area contributed by atoms with Crippen molar-refractivity contribution in [3.63, 3.8) is 0 Å². The van der Waals surface area contributed by atoms with E-state index in [0.717, 1.165) is 25.7 Å². The molecule has 1 N–H and O–H groups in total. The van der Waals surface area contributed by atoms with Gasteiger partial charge in [-0.3, -0.25) is 4.79 Å². The fourth-order valence-electron chi connectivity index (χ4n) is 3.12. The van der Waals surface area contributed by atoms with E-state index >= 15 is 0 Å². The first-order chi connectivity index (χ1) is 11.5. The second kappa shape index (κ2) is 6.91. The highest BCUT2D eigenvalue weighted by Crippen LogP contribution is 2.33. The summed E-state index contributed by atoms with van der Waals surface area (Å²) in [5.74, 6) is -0.144. The van der Waals surface area contributed by atoms with E-state index in [-0.39, 0.29) is 16.7 Å². The third-order valence-corrected chi connectivity index (χ3v) is 6.56. The molecule has 7 heteroatoms. The van der Waals surface area contributed by atoms with Crippen LogP contribution in [0.4, 0.5) is 0 Å². The Labute approximate surface area is 142 Å². The van der Waals surface area contributed by atoms with E-state index in [1.165, 1.54) is 4.31 Å². The maximum absolute atomic E-state index is 12.9. The van der Waals surface area contributed by atoms with Crippen LogP contribution in [0.3, 0.4) is 0 Å². The van der Waals surface area contributed by atoms with Gasteiger partial charge < -0.3 is 5.32 Å². The van der Waals surface area contributed by atoms with E-state index in [0.29, 0.717) is 13.0 Å². The molecule has 1 heterocycles. The van der Waals surface area contributed by atoms with Gasteiger partial charge in [0.05, 0.1) is 11.0 Å². The molecule has 1 saturated heterocycles. The number of nitrogens with one attached hydrogen (secondary N) is 1. The number of nitriles is 1. The molecule has 1 aliphatic heterocycles. The molecule has 0 radical (unpaired) electrons. The van der Waals surface area contributed by atoms with Crippen molar-refractivity contribution in [2.45, 2.75) is 49.1 Å². The van der Waals surface area contributed by atoms with E-state index < -0.39 is 22.1 Å². The first-order valence-electron chi connectivity index (χ1n) is 8.31. The van der Waals surface area contributed by atoms with Crippen LogP contribution in [0.15, 0.2) is 35.2 Å². The van der Waals surface area contributed by atoms with Crippen molar-refractivity contribution >= 4 is 15.9 Å². The van der Waals surface area contributed by atoms with Crippen LogP contribution >= 0.6 is 0 Å². The number of piperidine rings is 1. The lowest BCUT2D eigenvalue weighted by molar-refractivity contribution is -0.126. The van der Waals surface area contributed by atoms with Crippen LogP contribution in [0, 0.1) is 17.2 Å². The van der Waals surface area contributed by atoms with Crippen molar-refractivity contribution in [1.29, 1.82) is 5.26 Å². The van der Waals surface area contributed by atoms with Gasteiger partial charge in [-0.2, -0.15) is 9.57 Å². The number of carbonyl (C=O) groups is 1. The Kier molecular flexibility index (Phi) is 4.88. The number of sulfonamides is 1. The molecule has 128 valence electrons. The SMILES string of the molecule is N#CC(NC(=O)C1CCCCN1S(=O)(=O)c1ccccc1)C1CC1. The van der Waals surface area contributed by atoms with E-state index in [4.69, 9.17) is 0 Å². The number of rotatable bonds is 5. The van der Waals surface area contributed by atoms with Crippen LogP contribution in [0.5, 0.6) is 0 Å². The zero-order chi connectivity index (χ0) is 17.2. The normalized spacial score (nSPS) is 23.2. The third kappa shape index (κ3) is 3.45. The van der Waals surface area contributed by atoms with Gasteiger partial charge >= 0.3 is 0 Å². The highest BCUT2D eigenvalue weighted by Gasteiger charge is 2.40. The Morgan fingerprint density at radius 2 is 1.92 bits per heavy atom. The summed E-state index contributed by atoms with van der Waals surface area (Å²) in [5.41, 5.74) is 0. The summed E-state index contributed by atoms with van der Waals surface area (Å²) in [4.78, 5) is 12.8. The second-order valence-electron chi connectivity index (χ2n) is 6.39. The maximum Gasteiger partial charge on any atom is 0.243 e. The number of hydrogen-bond acceptors (Lipinski definition) is 4. The fraction of sp³-hybridized carbons (Fsp3) is 0.529. The average Bonchev–Trinajstić information content (AvgIpc) is 3.45. The minimum atomic E-state index is -3.71. The minimum absolute atomic E-state index is 0.198. The fourth-order valence-corrected chi connectivity index (χ4v) is 4.79. The molecule has 0 aromatic heterocycles. The molecule has 0 bridgehead atoms. The molecule has 3 rings (SSSR count). The highest BCUT2D eigenvalue weighted by atomic mass is 32.2. The van der Waals surface area contributed by atoms with E-state index in [1.807, 2.05) is 0 Å². The van der Waals surface area contributed by atoms with Gasteiger partial charge in [0.1, 0.15) is 12.1 Å². The van der Waals surface area contributed by atoms with Gasteiger partial charge in [-0.25, -0.2) is 8.42 Å². The number of carbonyl (C=O) groups excluding carboxylic acids is 1. The minimum Gasteiger partial charge on any atom is -0.339 e. The van der Waals surface area contributed by atoms with Crippen LogP contribution in [-0.2, 0) is 14.8 Å². The summed E-state index contributed by atoms with van der Waals surface area (Å²) in [6.07, 6.45) is 3.91. The number of amides is 1. The van der Waals surface area contributed by atoms with Gasteiger partial charge in [0.25, 0.3) is 0 Å². The molecule has 6 nitrogen and oxygen atoms in total. The summed E-state index contributed by atoms with van der Waals surface area (Å²) in [6.45, 7) is 0.329. The molecule has 1 saturated carbocycles. The molecular weight excluding hydrogens is 326 g/mol. The summed E-state index contributed by atoms with van der Waals surface area (Å²) in [5, 5.41) is 11.9. The van der Waals surface area contributed by atoms with Crippen LogP contribution < -0.4 is 5.32 Å². The van der Waals surface area contributed by atoms with E-state index in [2.05, 4.69) is 11.4 Å². The zero-order valence-corrected chi connectivity index (χ0v) is 14.2. The van der Waals surface area contributed by atoms with Crippen molar-refractivity contribution < 1.29 is 13.2 Å². The standard InChI is InChI=1S/C17H21N3O3S/c18-12-15(13-9-10-13)19-17(21)16-8-4-5-11-20(16)24(22,23)14-6-2-1-3-7-14/h1-3,6-7,13,15-16H,4-5,8-11H2,(H,19,21). The van der Waals surface area contributed by atoms with Gasteiger partial charge in [-0.05, 0) is 43.7 Å². The van der Waals surface area contributed by atoms with Crippen molar-refractivity contribution in [1.82, 2.24) is 9.62 Å². The van der Waals surface area contributed by atoms with Crippen LogP contribution in [-0.4, -0.2) is 37.3 Å². The van der Waals surface area contributed by atoms with Gasteiger partial charge in [0, 0.05) is 6.54 Å². The van der Waals surface area contributed by atoms with Crippen molar-refractivity contribution in [2.24, 2.45) is 5.92 Å². The van der Waals surface area contributed by atoms with Crippen LogP contribution in [0.1, 0.15) is 32.1 Å². The maximum atomic E-state index is 12.9. The molecule has 1 aromatic carbocycles. The molecule has 1 aliphatic carbocycles. The second-order valence-corrected chi connectivity index (χ2v) is 8.28. The predicted molar refractivity (Wildman–Crippen MR) is 88.2 cm³/mol. The lowest BCUT2D eigenvalue weighted by Crippen LogP contribution is -2.53. The highest BCUT2D eigenvalue weighted by molar-refractivity contribution is 7.89. The molecule has 2 unspecified atom stereocenters. The molecule has 2 aliphatic rings. The molecule has 0 spiro atoms. The zero-order valence-electron chi connectivity index (χ0n) is 13.4. The number of benzene rings is 1. The molecule has 1 aromatic rings. The van der Waals surface area contributed by atoms with Crippen molar-refractivity contribution in [3.8, 4) is 6.07 Å². The average molecular weight is 347 g/mol. The van der Waals surface area contributed by atoms with E-state index in [9.17, 15) is 18.5 Å². The first kappa shape index (κ1) is 16.9. The Balaban J connectivity index is 1.80. The molecule has 2 fully saturated rings. The van der Waals surface area contributed by atoms with Crippen molar-refractivity contribution in [3.05, 3.63) is 30.3 Å². The lowest BCUT2D eigenvalue weighted by Gasteiger charge is -2.34. The largest absolute Gasteiger partial charge is 0.339 e. The topological polar surface area (TPSA) is 90.3 Å². The molecule has 24 heavy (non-hydrogen) atoms. The summed E-state index contributed by atoms with van der Waals surface area (Å²) in [6, 6.07) is 9.05. The smallest absolute Gasteiger partial charge is 0.243 e.